The van der Waals surface area contributed by atoms with Gasteiger partial charge in [0.1, 0.15) is 5.75 Å². The molecule has 0 unspecified atom stereocenters. The van der Waals surface area contributed by atoms with Crippen LogP contribution in [-0.4, -0.2) is 22.9 Å². The number of halogens is 1. The lowest BCUT2D eigenvalue weighted by atomic mass is 10.1. The van der Waals surface area contributed by atoms with Crippen molar-refractivity contribution in [2.75, 3.05) is 12.4 Å². The Morgan fingerprint density at radius 2 is 2.00 bits per heavy atom. The summed E-state index contributed by atoms with van der Waals surface area (Å²) >= 11 is 4.62. The van der Waals surface area contributed by atoms with Crippen LogP contribution in [0.15, 0.2) is 52.3 Å². The Balaban J connectivity index is 1.74. The van der Waals surface area contributed by atoms with E-state index >= 15 is 0 Å². The summed E-state index contributed by atoms with van der Waals surface area (Å²) in [5, 5.41) is 15.7. The molecular weight excluding hydrogens is 422 g/mol. The first-order valence-corrected chi connectivity index (χ1v) is 9.00. The Labute approximate surface area is 160 Å². The molecule has 1 N–H and O–H groups in total. The van der Waals surface area contributed by atoms with Crippen LogP contribution in [0.2, 0.25) is 0 Å². The van der Waals surface area contributed by atoms with Gasteiger partial charge in [-0.15, -0.1) is 11.3 Å². The number of nitrogens with one attached hydrogen (secondary N) is 1. The highest BCUT2D eigenvalue weighted by molar-refractivity contribution is 9.10. The number of anilines is 1. The predicted molar refractivity (Wildman–Crippen MR) is 103 cm³/mol. The number of aromatic nitrogens is 1. The first kappa shape index (κ1) is 18.0. The van der Waals surface area contributed by atoms with Crippen molar-refractivity contribution in [3.63, 3.8) is 0 Å². The first-order chi connectivity index (χ1) is 12.5. The number of methoxy groups -OCH3 is 1. The van der Waals surface area contributed by atoms with Crippen LogP contribution in [0.5, 0.6) is 5.75 Å². The largest absolute Gasteiger partial charge is 0.496 e. The lowest BCUT2D eigenvalue weighted by Crippen LogP contribution is -2.11. The number of thiazole rings is 1. The van der Waals surface area contributed by atoms with Crippen LogP contribution in [0.3, 0.4) is 0 Å². The van der Waals surface area contributed by atoms with E-state index in [4.69, 9.17) is 4.74 Å². The van der Waals surface area contributed by atoms with Crippen molar-refractivity contribution in [1.82, 2.24) is 4.98 Å². The molecule has 1 aromatic heterocycles. The van der Waals surface area contributed by atoms with E-state index in [1.165, 1.54) is 23.5 Å². The van der Waals surface area contributed by atoms with Gasteiger partial charge in [-0.2, -0.15) is 0 Å². The van der Waals surface area contributed by atoms with Gasteiger partial charge in [-0.1, -0.05) is 0 Å². The van der Waals surface area contributed by atoms with E-state index in [2.05, 4.69) is 26.2 Å². The third-order valence-corrected chi connectivity index (χ3v) is 4.89. The fourth-order valence-electron chi connectivity index (χ4n) is 2.19. The summed E-state index contributed by atoms with van der Waals surface area (Å²) in [6, 6.07) is 11.1. The van der Waals surface area contributed by atoms with E-state index < -0.39 is 4.92 Å². The van der Waals surface area contributed by atoms with E-state index in [0.29, 0.717) is 26.6 Å². The number of amides is 1. The number of rotatable bonds is 5. The molecule has 0 aliphatic heterocycles. The van der Waals surface area contributed by atoms with Crippen LogP contribution < -0.4 is 10.1 Å². The molecule has 1 heterocycles. The van der Waals surface area contributed by atoms with E-state index in [1.807, 2.05) is 0 Å². The number of nitrogens with zero attached hydrogens (tertiary/aromatic N) is 2. The zero-order chi connectivity index (χ0) is 18.7. The SMILES string of the molecule is COc1ccc(C(=O)Nc2nc(-c3ccc([N+](=O)[O-])cc3)cs2)cc1Br. The molecule has 0 aliphatic carbocycles. The second-order valence-electron chi connectivity index (χ2n) is 5.15. The van der Waals surface area contributed by atoms with Gasteiger partial charge in [0.15, 0.2) is 5.13 Å². The molecule has 2 aromatic carbocycles. The highest BCUT2D eigenvalue weighted by Crippen LogP contribution is 2.28. The van der Waals surface area contributed by atoms with Crippen LogP contribution in [-0.2, 0) is 0 Å². The summed E-state index contributed by atoms with van der Waals surface area (Å²) in [5.74, 6) is 0.342. The Morgan fingerprint density at radius 1 is 1.27 bits per heavy atom. The minimum absolute atomic E-state index is 0.0163. The minimum Gasteiger partial charge on any atom is -0.496 e. The maximum Gasteiger partial charge on any atom is 0.269 e. The van der Waals surface area contributed by atoms with Gasteiger partial charge in [-0.05, 0) is 46.3 Å². The fraction of sp³-hybridized carbons (Fsp3) is 0.0588. The topological polar surface area (TPSA) is 94.4 Å². The second kappa shape index (κ2) is 7.63. The summed E-state index contributed by atoms with van der Waals surface area (Å²) in [7, 11) is 1.55. The van der Waals surface area contributed by atoms with Gasteiger partial charge in [0.2, 0.25) is 0 Å². The van der Waals surface area contributed by atoms with Crippen molar-refractivity contribution in [3.8, 4) is 17.0 Å². The molecule has 0 radical (unpaired) electrons. The van der Waals surface area contributed by atoms with Crippen LogP contribution in [0.25, 0.3) is 11.3 Å². The Kier molecular flexibility index (Phi) is 5.29. The third kappa shape index (κ3) is 3.89. The molecule has 1 amide bonds. The molecule has 0 spiro atoms. The first-order valence-electron chi connectivity index (χ1n) is 7.33. The molecule has 0 fully saturated rings. The zero-order valence-corrected chi connectivity index (χ0v) is 15.8. The van der Waals surface area contributed by atoms with Gasteiger partial charge < -0.3 is 4.74 Å². The highest BCUT2D eigenvalue weighted by atomic mass is 79.9. The number of carbonyl (C=O) groups is 1. The number of ether oxygens (including phenoxy) is 1. The summed E-state index contributed by atoms with van der Waals surface area (Å²) in [6.07, 6.45) is 0. The van der Waals surface area contributed by atoms with Gasteiger partial charge in [-0.3, -0.25) is 20.2 Å². The van der Waals surface area contributed by atoms with Gasteiger partial charge in [0, 0.05) is 28.6 Å². The van der Waals surface area contributed by atoms with Crippen molar-refractivity contribution in [3.05, 3.63) is 68.0 Å². The average molecular weight is 434 g/mol. The minimum atomic E-state index is -0.455. The van der Waals surface area contributed by atoms with Crippen LogP contribution in [0.4, 0.5) is 10.8 Å². The molecule has 0 saturated carbocycles. The Morgan fingerprint density at radius 3 is 2.62 bits per heavy atom. The highest BCUT2D eigenvalue weighted by Gasteiger charge is 2.13. The molecule has 26 heavy (non-hydrogen) atoms. The number of nitro benzene ring substituents is 1. The van der Waals surface area contributed by atoms with E-state index in [9.17, 15) is 14.9 Å². The number of nitro groups is 1. The number of hydrogen-bond acceptors (Lipinski definition) is 6. The lowest BCUT2D eigenvalue weighted by Gasteiger charge is -2.06. The van der Waals surface area contributed by atoms with Crippen molar-refractivity contribution in [2.45, 2.75) is 0 Å². The molecule has 3 rings (SSSR count). The van der Waals surface area contributed by atoms with E-state index in [-0.39, 0.29) is 11.6 Å². The van der Waals surface area contributed by atoms with Gasteiger partial charge in [0.05, 0.1) is 22.2 Å². The van der Waals surface area contributed by atoms with Crippen molar-refractivity contribution in [2.24, 2.45) is 0 Å². The normalized spacial score (nSPS) is 10.4. The maximum absolute atomic E-state index is 12.4. The molecule has 7 nitrogen and oxygen atoms in total. The molecule has 0 saturated heterocycles. The van der Waals surface area contributed by atoms with Crippen molar-refractivity contribution >= 4 is 44.0 Å². The summed E-state index contributed by atoms with van der Waals surface area (Å²) in [6.45, 7) is 0. The molecular formula is C17H12BrN3O4S. The molecule has 0 bridgehead atoms. The van der Waals surface area contributed by atoms with Gasteiger partial charge in [0.25, 0.3) is 11.6 Å². The van der Waals surface area contributed by atoms with Crippen LogP contribution in [0, 0.1) is 10.1 Å². The molecule has 132 valence electrons. The fourth-order valence-corrected chi connectivity index (χ4v) is 3.45. The number of hydrogen-bond donors (Lipinski definition) is 1. The molecule has 9 heteroatoms. The molecule has 0 aliphatic rings. The Hall–Kier alpha value is -2.78. The van der Waals surface area contributed by atoms with Crippen LogP contribution in [0.1, 0.15) is 10.4 Å². The number of carbonyl (C=O) groups excluding carboxylic acids is 1. The monoisotopic (exact) mass is 433 g/mol. The maximum atomic E-state index is 12.4. The smallest absolute Gasteiger partial charge is 0.269 e. The zero-order valence-electron chi connectivity index (χ0n) is 13.4. The number of non-ortho nitro benzene ring substituents is 1. The van der Waals surface area contributed by atoms with Gasteiger partial charge in [-0.25, -0.2) is 4.98 Å². The number of benzene rings is 2. The molecule has 0 atom stereocenters. The average Bonchev–Trinajstić information content (AvgIpc) is 3.10. The lowest BCUT2D eigenvalue weighted by molar-refractivity contribution is -0.384. The molecule has 3 aromatic rings. The summed E-state index contributed by atoms with van der Waals surface area (Å²) in [4.78, 5) is 27.0. The quantitative estimate of drug-likeness (QED) is 0.462. The van der Waals surface area contributed by atoms with Crippen molar-refractivity contribution < 1.29 is 14.5 Å². The van der Waals surface area contributed by atoms with E-state index in [0.717, 1.165) is 5.56 Å². The third-order valence-electron chi connectivity index (χ3n) is 3.51. The summed E-state index contributed by atoms with van der Waals surface area (Å²) < 4.78 is 5.82. The van der Waals surface area contributed by atoms with E-state index in [1.54, 1.807) is 42.8 Å². The summed E-state index contributed by atoms with van der Waals surface area (Å²) in [5.41, 5.74) is 1.85. The van der Waals surface area contributed by atoms with Gasteiger partial charge >= 0.3 is 0 Å². The Bertz CT molecular complexity index is 972. The second-order valence-corrected chi connectivity index (χ2v) is 6.86. The van der Waals surface area contributed by atoms with Crippen LogP contribution >= 0.6 is 27.3 Å². The van der Waals surface area contributed by atoms with Crippen molar-refractivity contribution in [1.29, 1.82) is 0 Å². The standard InChI is InChI=1S/C17H12BrN3O4S/c1-25-15-7-4-11(8-13(15)18)16(22)20-17-19-14(9-26-17)10-2-5-12(6-3-10)21(23)24/h2-9H,1H3,(H,19,20,22). The predicted octanol–water partition coefficient (Wildman–Crippen LogP) is 4.74.